The Balaban J connectivity index is 2.68. The lowest BCUT2D eigenvalue weighted by atomic mass is 10.1. The Labute approximate surface area is 176 Å². The number of rotatable bonds is 12. The van der Waals surface area contributed by atoms with Crippen LogP contribution >= 0.6 is 0 Å². The number of esters is 1. The molecule has 1 aromatic rings. The van der Waals surface area contributed by atoms with Crippen LogP contribution in [0.3, 0.4) is 0 Å². The number of ether oxygens (including phenoxy) is 2. The lowest BCUT2D eigenvalue weighted by Crippen LogP contribution is -2.54. The molecule has 0 saturated heterocycles. The first-order valence-electron chi connectivity index (χ1n) is 9.71. The summed E-state index contributed by atoms with van der Waals surface area (Å²) in [5.74, 6) is -1.25. The van der Waals surface area contributed by atoms with Crippen LogP contribution < -0.4 is 22.2 Å². The molecule has 0 radical (unpaired) electrons. The van der Waals surface area contributed by atoms with E-state index in [1.807, 2.05) is 25.1 Å². The second-order valence-electron chi connectivity index (χ2n) is 6.52. The average molecular weight is 422 g/mol. The summed E-state index contributed by atoms with van der Waals surface area (Å²) in [4.78, 5) is 24.6. The SMILES string of the molecule is CCCN(NC(=N)N)[C@H](CCCCNC(=N)N)C(=O)OC(=O)OCc1ccccc1. The van der Waals surface area contributed by atoms with E-state index in [0.717, 1.165) is 5.56 Å². The third kappa shape index (κ3) is 10.3. The van der Waals surface area contributed by atoms with Crippen LogP contribution in [0.2, 0.25) is 0 Å². The first-order chi connectivity index (χ1) is 14.3. The number of nitrogens with zero attached hydrogens (tertiary/aromatic N) is 1. The van der Waals surface area contributed by atoms with E-state index in [-0.39, 0.29) is 18.5 Å². The highest BCUT2D eigenvalue weighted by molar-refractivity contribution is 5.86. The summed E-state index contributed by atoms with van der Waals surface area (Å²) in [6.45, 7) is 2.77. The van der Waals surface area contributed by atoms with Crippen LogP contribution in [0, 0.1) is 10.8 Å². The number of hydrazine groups is 1. The molecule has 11 heteroatoms. The first kappa shape index (κ1) is 24.7. The van der Waals surface area contributed by atoms with Crippen LogP contribution in [0.4, 0.5) is 4.79 Å². The van der Waals surface area contributed by atoms with Crippen molar-refractivity contribution in [3.05, 3.63) is 35.9 Å². The van der Waals surface area contributed by atoms with E-state index in [4.69, 9.17) is 31.8 Å². The van der Waals surface area contributed by atoms with Gasteiger partial charge in [0.15, 0.2) is 5.96 Å². The summed E-state index contributed by atoms with van der Waals surface area (Å²) in [6, 6.07) is 8.17. The summed E-state index contributed by atoms with van der Waals surface area (Å²) < 4.78 is 9.88. The summed E-state index contributed by atoms with van der Waals surface area (Å²) in [5.41, 5.74) is 14.1. The van der Waals surface area contributed by atoms with Gasteiger partial charge in [0.1, 0.15) is 12.6 Å². The molecular weight excluding hydrogens is 390 g/mol. The second-order valence-corrected chi connectivity index (χ2v) is 6.52. The van der Waals surface area contributed by atoms with Gasteiger partial charge < -0.3 is 26.3 Å². The zero-order valence-corrected chi connectivity index (χ0v) is 17.1. The molecule has 0 unspecified atom stereocenters. The second kappa shape index (κ2) is 13.8. The zero-order valence-electron chi connectivity index (χ0n) is 17.1. The van der Waals surface area contributed by atoms with Gasteiger partial charge in [-0.3, -0.25) is 16.2 Å². The molecule has 0 aliphatic heterocycles. The first-order valence-corrected chi connectivity index (χ1v) is 9.71. The normalized spacial score (nSPS) is 11.4. The van der Waals surface area contributed by atoms with E-state index in [1.54, 1.807) is 12.1 Å². The monoisotopic (exact) mass is 421 g/mol. The highest BCUT2D eigenvalue weighted by atomic mass is 16.7. The van der Waals surface area contributed by atoms with Crippen molar-refractivity contribution < 1.29 is 19.1 Å². The highest BCUT2D eigenvalue weighted by Crippen LogP contribution is 2.11. The van der Waals surface area contributed by atoms with Crippen molar-refractivity contribution in [2.24, 2.45) is 11.5 Å². The Kier molecular flexibility index (Phi) is 11.3. The molecule has 0 bridgehead atoms. The van der Waals surface area contributed by atoms with Crippen LogP contribution in [0.5, 0.6) is 0 Å². The number of guanidine groups is 2. The number of benzene rings is 1. The minimum absolute atomic E-state index is 0.0152. The smallest absolute Gasteiger partial charge is 0.429 e. The largest absolute Gasteiger partial charge is 0.516 e. The maximum Gasteiger partial charge on any atom is 0.516 e. The van der Waals surface area contributed by atoms with Gasteiger partial charge in [-0.1, -0.05) is 37.3 Å². The third-order valence-electron chi connectivity index (χ3n) is 3.98. The highest BCUT2D eigenvalue weighted by Gasteiger charge is 2.29. The van der Waals surface area contributed by atoms with Crippen molar-refractivity contribution >= 4 is 24.0 Å². The van der Waals surface area contributed by atoms with Crippen LogP contribution in [0.15, 0.2) is 30.3 Å². The number of unbranched alkanes of at least 4 members (excludes halogenated alkanes) is 1. The number of hydrogen-bond donors (Lipinski definition) is 6. The van der Waals surface area contributed by atoms with Crippen LogP contribution in [-0.2, 0) is 20.9 Å². The quantitative estimate of drug-likeness (QED) is 0.0716. The summed E-state index contributed by atoms with van der Waals surface area (Å²) in [7, 11) is 0. The molecule has 11 nitrogen and oxygen atoms in total. The van der Waals surface area contributed by atoms with E-state index >= 15 is 0 Å². The maximum atomic E-state index is 12.6. The molecule has 30 heavy (non-hydrogen) atoms. The minimum Gasteiger partial charge on any atom is -0.429 e. The Morgan fingerprint density at radius 1 is 1.13 bits per heavy atom. The lowest BCUT2D eigenvalue weighted by molar-refractivity contribution is -0.147. The van der Waals surface area contributed by atoms with Gasteiger partial charge >= 0.3 is 12.1 Å². The van der Waals surface area contributed by atoms with Crippen molar-refractivity contribution in [3.63, 3.8) is 0 Å². The number of nitrogens with one attached hydrogen (secondary N) is 4. The molecule has 0 amide bonds. The number of nitrogens with two attached hydrogens (primary N) is 2. The number of carbonyl (C=O) groups is 2. The molecule has 0 heterocycles. The standard InChI is InChI=1S/C19H31N7O4/c1-2-12-26(25-18(22)23)15(10-6-7-11-24-17(20)21)16(27)30-19(28)29-13-14-8-4-3-5-9-14/h3-5,8-9,15H,2,6-7,10-13H2,1H3,(H4,20,21,24)(H4,22,23,25)/t15-/m1/s1. The van der Waals surface area contributed by atoms with Gasteiger partial charge in [-0.25, -0.2) is 14.6 Å². The molecule has 0 fully saturated rings. The molecule has 0 aliphatic carbocycles. The molecule has 0 saturated carbocycles. The molecule has 1 aromatic carbocycles. The fraction of sp³-hybridized carbons (Fsp3) is 0.474. The van der Waals surface area contributed by atoms with Crippen molar-refractivity contribution in [3.8, 4) is 0 Å². The van der Waals surface area contributed by atoms with E-state index in [9.17, 15) is 9.59 Å². The fourth-order valence-electron chi connectivity index (χ4n) is 2.67. The van der Waals surface area contributed by atoms with E-state index in [2.05, 4.69) is 10.7 Å². The van der Waals surface area contributed by atoms with E-state index in [0.29, 0.717) is 38.8 Å². The Morgan fingerprint density at radius 2 is 1.83 bits per heavy atom. The van der Waals surface area contributed by atoms with Gasteiger partial charge in [0.05, 0.1) is 0 Å². The Morgan fingerprint density at radius 3 is 2.43 bits per heavy atom. The number of carbonyl (C=O) groups excluding carboxylic acids is 2. The maximum absolute atomic E-state index is 12.6. The topological polar surface area (TPSA) is 180 Å². The van der Waals surface area contributed by atoms with Gasteiger partial charge in [0.2, 0.25) is 5.96 Å². The van der Waals surface area contributed by atoms with Crippen LogP contribution in [0.25, 0.3) is 0 Å². The van der Waals surface area contributed by atoms with Crippen LogP contribution in [-0.4, -0.2) is 48.2 Å². The van der Waals surface area contributed by atoms with Crippen LogP contribution in [0.1, 0.15) is 38.2 Å². The summed E-state index contributed by atoms with van der Waals surface area (Å²) in [5, 5.41) is 18.8. The molecular formula is C19H31N7O4. The fourth-order valence-corrected chi connectivity index (χ4v) is 2.67. The van der Waals surface area contributed by atoms with Gasteiger partial charge in [0.25, 0.3) is 0 Å². The predicted octanol–water partition coefficient (Wildman–Crippen LogP) is 0.998. The molecule has 0 aromatic heterocycles. The van der Waals surface area contributed by atoms with Crippen molar-refractivity contribution in [2.75, 3.05) is 13.1 Å². The van der Waals surface area contributed by atoms with Crippen molar-refractivity contribution in [1.82, 2.24) is 15.8 Å². The summed E-state index contributed by atoms with van der Waals surface area (Å²) in [6.07, 6.45) is 1.14. The molecule has 8 N–H and O–H groups in total. The zero-order chi connectivity index (χ0) is 22.4. The molecule has 1 rings (SSSR count). The number of hydrogen-bond acceptors (Lipinski definition) is 7. The van der Waals surface area contributed by atoms with Gasteiger partial charge in [-0.05, 0) is 31.2 Å². The Bertz CT molecular complexity index is 699. The summed E-state index contributed by atoms with van der Waals surface area (Å²) >= 11 is 0. The molecule has 166 valence electrons. The molecule has 0 aliphatic rings. The predicted molar refractivity (Wildman–Crippen MR) is 112 cm³/mol. The lowest BCUT2D eigenvalue weighted by Gasteiger charge is -2.29. The van der Waals surface area contributed by atoms with E-state index in [1.165, 1.54) is 5.01 Å². The molecule has 1 atom stereocenters. The van der Waals surface area contributed by atoms with Crippen molar-refractivity contribution in [1.29, 1.82) is 10.8 Å². The third-order valence-corrected chi connectivity index (χ3v) is 3.98. The minimum atomic E-state index is -1.09. The van der Waals surface area contributed by atoms with E-state index < -0.39 is 18.2 Å². The Hall–Kier alpha value is -3.34. The average Bonchev–Trinajstić information content (AvgIpc) is 2.69. The van der Waals surface area contributed by atoms with Gasteiger partial charge in [-0.2, -0.15) is 0 Å². The van der Waals surface area contributed by atoms with Crippen molar-refractivity contribution in [2.45, 2.75) is 45.3 Å². The van der Waals surface area contributed by atoms with Gasteiger partial charge in [0, 0.05) is 13.1 Å². The van der Waals surface area contributed by atoms with Gasteiger partial charge in [-0.15, -0.1) is 0 Å². The molecule has 0 spiro atoms.